The number of rotatable bonds is 6. The highest BCUT2D eigenvalue weighted by atomic mass is 16.5. The van der Waals surface area contributed by atoms with Crippen LogP contribution < -0.4 is 5.32 Å². The maximum Gasteiger partial charge on any atom is 0.317 e. The Morgan fingerprint density at radius 2 is 2.12 bits per heavy atom. The van der Waals surface area contributed by atoms with Crippen molar-refractivity contribution in [2.75, 3.05) is 27.2 Å². The number of carbonyl (C=O) groups is 2. The highest BCUT2D eigenvalue weighted by Gasteiger charge is 2.37. The van der Waals surface area contributed by atoms with E-state index in [0.717, 1.165) is 19.3 Å². The molecule has 2 N–H and O–H groups in total. The molecule has 6 heteroatoms. The number of amides is 2. The Morgan fingerprint density at radius 1 is 1.47 bits per heavy atom. The van der Waals surface area contributed by atoms with Crippen molar-refractivity contribution in [3.63, 3.8) is 0 Å². The van der Waals surface area contributed by atoms with E-state index in [9.17, 15) is 9.59 Å². The first kappa shape index (κ1) is 13.8. The Hall–Kier alpha value is -1.30. The van der Waals surface area contributed by atoms with Crippen LogP contribution in [0.3, 0.4) is 0 Å². The van der Waals surface area contributed by atoms with Gasteiger partial charge in [-0.15, -0.1) is 0 Å². The number of hydrogen-bond acceptors (Lipinski definition) is 3. The van der Waals surface area contributed by atoms with Crippen LogP contribution in [0.25, 0.3) is 0 Å². The monoisotopic (exact) mass is 244 g/mol. The lowest BCUT2D eigenvalue weighted by molar-refractivity contribution is -0.137. The second-order valence-corrected chi connectivity index (χ2v) is 4.46. The van der Waals surface area contributed by atoms with Crippen LogP contribution in [0.1, 0.15) is 25.7 Å². The summed E-state index contributed by atoms with van der Waals surface area (Å²) < 4.78 is 5.37. The number of aliphatic carboxylic acids is 1. The lowest BCUT2D eigenvalue weighted by atomic mass is 9.80. The van der Waals surface area contributed by atoms with Gasteiger partial charge in [-0.25, -0.2) is 4.79 Å². The molecule has 0 atom stereocenters. The molecule has 2 amide bonds. The minimum absolute atomic E-state index is 0.0423. The number of carbonyl (C=O) groups excluding carboxylic acids is 1. The lowest BCUT2D eigenvalue weighted by Gasteiger charge is -2.40. The summed E-state index contributed by atoms with van der Waals surface area (Å²) in [5.74, 6) is -0.906. The number of nitrogens with one attached hydrogen (secondary N) is 1. The Morgan fingerprint density at radius 3 is 2.53 bits per heavy atom. The van der Waals surface area contributed by atoms with Crippen LogP contribution in [-0.4, -0.2) is 54.9 Å². The molecule has 98 valence electrons. The van der Waals surface area contributed by atoms with Crippen LogP contribution in [0.15, 0.2) is 0 Å². The summed E-state index contributed by atoms with van der Waals surface area (Å²) >= 11 is 0. The van der Waals surface area contributed by atoms with Crippen molar-refractivity contribution in [1.82, 2.24) is 10.2 Å². The summed E-state index contributed by atoms with van der Waals surface area (Å²) in [6, 6.07) is -0.255. The second kappa shape index (κ2) is 5.86. The molecule has 1 rings (SSSR count). The van der Waals surface area contributed by atoms with Gasteiger partial charge in [0.25, 0.3) is 0 Å². The second-order valence-electron chi connectivity index (χ2n) is 4.46. The fraction of sp³-hybridized carbons (Fsp3) is 0.818. The summed E-state index contributed by atoms with van der Waals surface area (Å²) in [6.45, 7) is 0.695. The van der Waals surface area contributed by atoms with Crippen molar-refractivity contribution in [1.29, 1.82) is 0 Å². The minimum atomic E-state index is -0.906. The minimum Gasteiger partial charge on any atom is -0.481 e. The van der Waals surface area contributed by atoms with E-state index < -0.39 is 5.97 Å². The Bertz CT molecular complexity index is 284. The van der Waals surface area contributed by atoms with Crippen molar-refractivity contribution < 1.29 is 19.4 Å². The van der Waals surface area contributed by atoms with Gasteiger partial charge in [0, 0.05) is 27.2 Å². The molecule has 6 nitrogen and oxygen atoms in total. The van der Waals surface area contributed by atoms with Crippen LogP contribution in [0.5, 0.6) is 0 Å². The third kappa shape index (κ3) is 3.89. The van der Waals surface area contributed by atoms with Gasteiger partial charge in [0.05, 0.1) is 12.0 Å². The maximum absolute atomic E-state index is 11.6. The highest BCUT2D eigenvalue weighted by molar-refractivity contribution is 5.75. The van der Waals surface area contributed by atoms with Crippen molar-refractivity contribution >= 4 is 12.0 Å². The largest absolute Gasteiger partial charge is 0.481 e. The van der Waals surface area contributed by atoms with Crippen molar-refractivity contribution in [2.45, 2.75) is 31.3 Å². The van der Waals surface area contributed by atoms with E-state index >= 15 is 0 Å². The average Bonchev–Trinajstić information content (AvgIpc) is 2.24. The van der Waals surface area contributed by atoms with Gasteiger partial charge in [-0.1, -0.05) is 0 Å². The first-order chi connectivity index (χ1) is 7.99. The quantitative estimate of drug-likeness (QED) is 0.720. The number of nitrogens with zero attached hydrogens (tertiary/aromatic N) is 1. The Balaban J connectivity index is 2.26. The van der Waals surface area contributed by atoms with Crippen molar-refractivity contribution in [3.05, 3.63) is 0 Å². The molecule has 1 aliphatic carbocycles. The van der Waals surface area contributed by atoms with Crippen LogP contribution in [-0.2, 0) is 9.53 Å². The average molecular weight is 244 g/mol. The summed E-state index contributed by atoms with van der Waals surface area (Å²) in [7, 11) is 3.23. The standard InChI is InChI=1S/C11H20N2O4/c1-13(7-4-9(14)15)10(16)12-8-11(17-2)5-3-6-11/h3-8H2,1-2H3,(H,12,16)(H,14,15). The molecule has 0 bridgehead atoms. The predicted molar refractivity (Wildman–Crippen MR) is 61.9 cm³/mol. The van der Waals surface area contributed by atoms with E-state index in [4.69, 9.17) is 9.84 Å². The molecule has 1 saturated carbocycles. The molecule has 0 spiro atoms. The molecule has 1 aliphatic rings. The molecule has 17 heavy (non-hydrogen) atoms. The van der Waals surface area contributed by atoms with Gasteiger partial charge in [0.15, 0.2) is 0 Å². The molecule has 0 heterocycles. The smallest absolute Gasteiger partial charge is 0.317 e. The van der Waals surface area contributed by atoms with Gasteiger partial charge in [0.2, 0.25) is 0 Å². The number of carboxylic acid groups (broad SMARTS) is 1. The fourth-order valence-corrected chi connectivity index (χ4v) is 1.76. The first-order valence-electron chi connectivity index (χ1n) is 5.75. The molecule has 0 aliphatic heterocycles. The Labute approximate surface area is 101 Å². The fourth-order valence-electron chi connectivity index (χ4n) is 1.76. The zero-order valence-corrected chi connectivity index (χ0v) is 10.4. The van der Waals surface area contributed by atoms with Crippen LogP contribution in [0, 0.1) is 0 Å². The van der Waals surface area contributed by atoms with Gasteiger partial charge in [-0.05, 0) is 19.3 Å². The molecular formula is C11H20N2O4. The lowest BCUT2D eigenvalue weighted by Crippen LogP contribution is -2.51. The van der Waals surface area contributed by atoms with Gasteiger partial charge in [-0.3, -0.25) is 4.79 Å². The summed E-state index contributed by atoms with van der Waals surface area (Å²) in [5.41, 5.74) is -0.205. The van der Waals surface area contributed by atoms with Gasteiger partial charge < -0.3 is 20.1 Å². The topological polar surface area (TPSA) is 78.9 Å². The van der Waals surface area contributed by atoms with Gasteiger partial charge >= 0.3 is 12.0 Å². The van der Waals surface area contributed by atoms with E-state index in [1.807, 2.05) is 0 Å². The summed E-state index contributed by atoms with van der Waals surface area (Å²) in [5, 5.41) is 11.3. The molecule has 0 aromatic carbocycles. The van der Waals surface area contributed by atoms with E-state index in [1.54, 1.807) is 14.2 Å². The van der Waals surface area contributed by atoms with Crippen LogP contribution >= 0.6 is 0 Å². The molecule has 0 saturated heterocycles. The van der Waals surface area contributed by atoms with Crippen molar-refractivity contribution in [3.8, 4) is 0 Å². The van der Waals surface area contributed by atoms with E-state index in [1.165, 1.54) is 4.90 Å². The van der Waals surface area contributed by atoms with E-state index in [-0.39, 0.29) is 24.6 Å². The van der Waals surface area contributed by atoms with E-state index in [0.29, 0.717) is 6.54 Å². The molecular weight excluding hydrogens is 224 g/mol. The Kier molecular flexibility index (Phi) is 4.74. The summed E-state index contributed by atoms with van der Waals surface area (Å²) in [4.78, 5) is 23.4. The molecule has 0 aromatic heterocycles. The maximum atomic E-state index is 11.6. The zero-order valence-electron chi connectivity index (χ0n) is 10.4. The van der Waals surface area contributed by atoms with E-state index in [2.05, 4.69) is 5.32 Å². The number of ether oxygens (including phenoxy) is 1. The first-order valence-corrected chi connectivity index (χ1v) is 5.75. The number of urea groups is 1. The molecule has 0 unspecified atom stereocenters. The number of methoxy groups -OCH3 is 1. The van der Waals surface area contributed by atoms with Gasteiger partial charge in [-0.2, -0.15) is 0 Å². The highest BCUT2D eigenvalue weighted by Crippen LogP contribution is 2.34. The molecule has 0 aromatic rings. The van der Waals surface area contributed by atoms with Gasteiger partial charge in [0.1, 0.15) is 0 Å². The SMILES string of the molecule is COC1(CNC(=O)N(C)CCC(=O)O)CCC1. The molecule has 0 radical (unpaired) electrons. The normalized spacial score (nSPS) is 17.1. The third-order valence-electron chi connectivity index (χ3n) is 3.27. The van der Waals surface area contributed by atoms with Crippen LogP contribution in [0.4, 0.5) is 4.79 Å². The third-order valence-corrected chi connectivity index (χ3v) is 3.27. The number of hydrogen-bond donors (Lipinski definition) is 2. The number of carboxylic acids is 1. The van der Waals surface area contributed by atoms with Crippen LogP contribution in [0.2, 0.25) is 0 Å². The zero-order chi connectivity index (χ0) is 12.9. The summed E-state index contributed by atoms with van der Waals surface area (Å²) in [6.07, 6.45) is 3.00. The van der Waals surface area contributed by atoms with Crippen molar-refractivity contribution in [2.24, 2.45) is 0 Å². The molecule has 1 fully saturated rings. The predicted octanol–water partition coefficient (Wildman–Crippen LogP) is 0.672.